The van der Waals surface area contributed by atoms with E-state index < -0.39 is 6.03 Å². The Bertz CT molecular complexity index is 516. The van der Waals surface area contributed by atoms with Gasteiger partial charge in [-0.05, 0) is 18.9 Å². The molecule has 1 unspecified atom stereocenters. The summed E-state index contributed by atoms with van der Waals surface area (Å²) in [5.41, 5.74) is 2.67. The summed E-state index contributed by atoms with van der Waals surface area (Å²) >= 11 is 0. The van der Waals surface area contributed by atoms with Crippen LogP contribution in [0.4, 0.5) is 4.79 Å². The number of amides is 3. The molecule has 0 fully saturated rings. The largest absolute Gasteiger partial charge is 0.335 e. The zero-order valence-corrected chi connectivity index (χ0v) is 12.7. The Morgan fingerprint density at radius 2 is 2.00 bits per heavy atom. The number of urea groups is 1. The summed E-state index contributed by atoms with van der Waals surface area (Å²) in [6, 6.07) is 8.02. The predicted molar refractivity (Wildman–Crippen MR) is 81.0 cm³/mol. The highest BCUT2D eigenvalue weighted by molar-refractivity contribution is 5.94. The lowest BCUT2D eigenvalue weighted by Crippen LogP contribution is -3.13. The molecule has 21 heavy (non-hydrogen) atoms. The van der Waals surface area contributed by atoms with E-state index in [1.807, 2.05) is 19.9 Å². The molecule has 0 radical (unpaired) electrons. The lowest BCUT2D eigenvalue weighted by Gasteiger charge is -2.25. The number of carbonyl (C=O) groups is 2. The Balaban J connectivity index is 1.80. The molecule has 2 rings (SSSR count). The molecule has 1 heterocycles. The van der Waals surface area contributed by atoms with E-state index in [9.17, 15) is 9.59 Å². The van der Waals surface area contributed by atoms with Crippen molar-refractivity contribution < 1.29 is 14.5 Å². The Hall–Kier alpha value is -1.88. The minimum absolute atomic E-state index is 0.0759. The Labute approximate surface area is 125 Å². The second-order valence-corrected chi connectivity index (χ2v) is 5.70. The third kappa shape index (κ3) is 4.56. The third-order valence-electron chi connectivity index (χ3n) is 3.96. The normalized spacial score (nSPS) is 18.5. The van der Waals surface area contributed by atoms with Gasteiger partial charge in [-0.2, -0.15) is 0 Å². The average Bonchev–Trinajstić information content (AvgIpc) is 2.46. The van der Waals surface area contributed by atoms with Crippen molar-refractivity contribution in [1.82, 2.24) is 10.6 Å². The second-order valence-electron chi connectivity index (χ2n) is 5.70. The molecule has 1 aromatic carbocycles. The van der Waals surface area contributed by atoms with E-state index in [4.69, 9.17) is 0 Å². The van der Waals surface area contributed by atoms with Crippen molar-refractivity contribution in [2.24, 2.45) is 0 Å². The quantitative estimate of drug-likeness (QED) is 0.744. The lowest BCUT2D eigenvalue weighted by atomic mass is 10.00. The van der Waals surface area contributed by atoms with Crippen LogP contribution in [0.1, 0.15) is 31.4 Å². The van der Waals surface area contributed by atoms with Gasteiger partial charge in [0.05, 0.1) is 6.54 Å². The minimum atomic E-state index is -0.397. The van der Waals surface area contributed by atoms with Gasteiger partial charge in [-0.25, -0.2) is 4.79 Å². The van der Waals surface area contributed by atoms with Gasteiger partial charge in [0.15, 0.2) is 6.54 Å². The van der Waals surface area contributed by atoms with E-state index in [1.165, 1.54) is 16.0 Å². The number of nitrogens with one attached hydrogen (secondary N) is 3. The molecule has 3 amide bonds. The van der Waals surface area contributed by atoms with E-state index in [1.54, 1.807) is 0 Å². The molecule has 114 valence electrons. The molecule has 0 bridgehead atoms. The van der Waals surface area contributed by atoms with Crippen molar-refractivity contribution in [3.8, 4) is 0 Å². The number of carbonyl (C=O) groups excluding carboxylic acids is 2. The van der Waals surface area contributed by atoms with Crippen molar-refractivity contribution in [2.45, 2.75) is 39.3 Å². The highest BCUT2D eigenvalue weighted by Crippen LogP contribution is 2.10. The molecule has 0 aliphatic carbocycles. The predicted octanol–water partition coefficient (Wildman–Crippen LogP) is 0.252. The maximum atomic E-state index is 11.9. The molecular weight excluding hydrogens is 266 g/mol. The van der Waals surface area contributed by atoms with Crippen LogP contribution in [0, 0.1) is 0 Å². The summed E-state index contributed by atoms with van der Waals surface area (Å²) in [7, 11) is 0. The SMILES string of the molecule is CC[C@@H](C)NC(=O)NC(=O)C[NH+]1CCc2ccccc2C1. The van der Waals surface area contributed by atoms with E-state index in [2.05, 4.69) is 28.8 Å². The van der Waals surface area contributed by atoms with Crippen LogP contribution in [0.5, 0.6) is 0 Å². The van der Waals surface area contributed by atoms with E-state index in [0.29, 0.717) is 6.54 Å². The molecule has 3 N–H and O–H groups in total. The summed E-state index contributed by atoms with van der Waals surface area (Å²) in [6.07, 6.45) is 1.83. The molecular formula is C16H24N3O2+. The average molecular weight is 290 g/mol. The fourth-order valence-electron chi connectivity index (χ4n) is 2.55. The number of fused-ring (bicyclic) bond motifs is 1. The summed E-state index contributed by atoms with van der Waals surface area (Å²) < 4.78 is 0. The highest BCUT2D eigenvalue weighted by Gasteiger charge is 2.22. The van der Waals surface area contributed by atoms with Gasteiger partial charge in [0.2, 0.25) is 0 Å². The van der Waals surface area contributed by atoms with Crippen molar-refractivity contribution in [3.63, 3.8) is 0 Å². The van der Waals surface area contributed by atoms with Crippen LogP contribution in [0.25, 0.3) is 0 Å². The van der Waals surface area contributed by atoms with Gasteiger partial charge in [0, 0.05) is 18.0 Å². The Morgan fingerprint density at radius 1 is 1.29 bits per heavy atom. The number of quaternary nitrogens is 1. The Kier molecular flexibility index (Phi) is 5.33. The van der Waals surface area contributed by atoms with Crippen LogP contribution >= 0.6 is 0 Å². The molecule has 1 aliphatic heterocycles. The van der Waals surface area contributed by atoms with E-state index in [0.717, 1.165) is 25.9 Å². The van der Waals surface area contributed by atoms with Gasteiger partial charge in [-0.15, -0.1) is 0 Å². The van der Waals surface area contributed by atoms with Crippen molar-refractivity contribution in [2.75, 3.05) is 13.1 Å². The zero-order chi connectivity index (χ0) is 15.2. The number of hydrogen-bond acceptors (Lipinski definition) is 2. The second kappa shape index (κ2) is 7.22. The van der Waals surface area contributed by atoms with Gasteiger partial charge in [-0.1, -0.05) is 31.2 Å². The van der Waals surface area contributed by atoms with Gasteiger partial charge >= 0.3 is 6.03 Å². The first-order chi connectivity index (χ1) is 10.1. The topological polar surface area (TPSA) is 62.6 Å². The molecule has 0 saturated carbocycles. The van der Waals surface area contributed by atoms with Crippen LogP contribution in [-0.2, 0) is 17.8 Å². The zero-order valence-electron chi connectivity index (χ0n) is 12.7. The fourth-order valence-corrected chi connectivity index (χ4v) is 2.55. The summed E-state index contributed by atoms with van der Waals surface area (Å²) in [5, 5.41) is 5.14. The van der Waals surface area contributed by atoms with Crippen LogP contribution in [0.15, 0.2) is 24.3 Å². The Morgan fingerprint density at radius 3 is 2.71 bits per heavy atom. The lowest BCUT2D eigenvalue weighted by molar-refractivity contribution is -0.908. The van der Waals surface area contributed by atoms with Crippen LogP contribution in [0.2, 0.25) is 0 Å². The monoisotopic (exact) mass is 290 g/mol. The van der Waals surface area contributed by atoms with Crippen molar-refractivity contribution in [1.29, 1.82) is 0 Å². The summed E-state index contributed by atoms with van der Waals surface area (Å²) in [6.45, 7) is 6.01. The molecule has 0 spiro atoms. The number of benzene rings is 1. The molecule has 0 aromatic heterocycles. The van der Waals surface area contributed by atoms with Crippen LogP contribution in [0.3, 0.4) is 0 Å². The fraction of sp³-hybridized carbons (Fsp3) is 0.500. The number of imide groups is 1. The van der Waals surface area contributed by atoms with Gasteiger partial charge in [-0.3, -0.25) is 10.1 Å². The third-order valence-corrected chi connectivity index (χ3v) is 3.96. The van der Waals surface area contributed by atoms with E-state index >= 15 is 0 Å². The minimum Gasteiger partial charge on any atom is -0.335 e. The molecule has 2 atom stereocenters. The van der Waals surface area contributed by atoms with Gasteiger partial charge in [0.1, 0.15) is 6.54 Å². The van der Waals surface area contributed by atoms with Gasteiger partial charge < -0.3 is 10.2 Å². The molecule has 0 saturated heterocycles. The van der Waals surface area contributed by atoms with Crippen molar-refractivity contribution in [3.05, 3.63) is 35.4 Å². The first kappa shape index (κ1) is 15.5. The molecule has 1 aromatic rings. The number of hydrogen-bond donors (Lipinski definition) is 3. The molecule has 1 aliphatic rings. The highest BCUT2D eigenvalue weighted by atomic mass is 16.2. The molecule has 5 heteroatoms. The van der Waals surface area contributed by atoms with Crippen LogP contribution < -0.4 is 15.5 Å². The smallest absolute Gasteiger partial charge is 0.321 e. The summed E-state index contributed by atoms with van der Waals surface area (Å²) in [4.78, 5) is 24.7. The maximum absolute atomic E-state index is 11.9. The van der Waals surface area contributed by atoms with Gasteiger partial charge in [0.25, 0.3) is 5.91 Å². The molecule has 5 nitrogen and oxygen atoms in total. The summed E-state index contributed by atoms with van der Waals surface area (Å²) in [5.74, 6) is -0.217. The maximum Gasteiger partial charge on any atom is 0.321 e. The van der Waals surface area contributed by atoms with E-state index in [-0.39, 0.29) is 11.9 Å². The number of rotatable bonds is 4. The van der Waals surface area contributed by atoms with Crippen LogP contribution in [-0.4, -0.2) is 31.1 Å². The first-order valence-corrected chi connectivity index (χ1v) is 7.59. The first-order valence-electron chi connectivity index (χ1n) is 7.59. The van der Waals surface area contributed by atoms with Crippen molar-refractivity contribution >= 4 is 11.9 Å². The standard InChI is InChI=1S/C16H23N3O2/c1-3-12(2)17-16(21)18-15(20)11-19-9-8-13-6-4-5-7-14(13)10-19/h4-7,12H,3,8-11H2,1-2H3,(H2,17,18,20,21)/p+1/t12-/m1/s1.